The van der Waals surface area contributed by atoms with Gasteiger partial charge in [0, 0.05) is 56.7 Å². The molecule has 0 heterocycles. The van der Waals surface area contributed by atoms with E-state index in [-0.39, 0.29) is 69.4 Å². The lowest BCUT2D eigenvalue weighted by Gasteiger charge is -2.30. The van der Waals surface area contributed by atoms with Gasteiger partial charge in [-0.3, -0.25) is 38.7 Å². The van der Waals surface area contributed by atoms with E-state index in [0.29, 0.717) is 0 Å². The summed E-state index contributed by atoms with van der Waals surface area (Å²) in [5.41, 5.74) is 0. The zero-order valence-electron chi connectivity index (χ0n) is 22.9. The molecule has 0 spiro atoms. The minimum atomic E-state index is -1.16. The lowest BCUT2D eigenvalue weighted by atomic mass is 9.99. The second-order valence-corrected chi connectivity index (χ2v) is 10.3. The summed E-state index contributed by atoms with van der Waals surface area (Å²) in [5, 5.41) is 48.8. The molecule has 0 bridgehead atoms. The Morgan fingerprint density at radius 2 is 1.02 bits per heavy atom. The number of esters is 1. The Balaban J connectivity index is 5.32. The molecule has 0 aliphatic carbocycles. The van der Waals surface area contributed by atoms with Crippen LogP contribution in [0.25, 0.3) is 0 Å². The number of carbonyl (C=O) groups excluding carboxylic acids is 2. The smallest absolute Gasteiger partial charge is 0.317 e. The molecule has 0 saturated heterocycles. The van der Waals surface area contributed by atoms with E-state index in [2.05, 4.69) is 30.0 Å². The van der Waals surface area contributed by atoms with Gasteiger partial charge in [0.25, 0.3) is 0 Å². The van der Waals surface area contributed by atoms with Crippen molar-refractivity contribution in [1.82, 2.24) is 14.7 Å². The number of Topliss-reactive ketones (excluding diaryl/α,β-unsaturated/α-hetero) is 1. The number of ether oxygens (including phenoxy) is 1. The van der Waals surface area contributed by atoms with Crippen LogP contribution in [-0.4, -0.2) is 160 Å². The number of carboxylic acid groups (broad SMARTS) is 3. The molecule has 0 aromatic heterocycles. The molecular formula is C24H43N3O11S2. The monoisotopic (exact) mass is 613 g/mol. The molecule has 0 saturated carbocycles. The van der Waals surface area contributed by atoms with Crippen molar-refractivity contribution < 1.29 is 54.2 Å². The number of aliphatic hydroxyl groups excluding tert-OH is 2. The number of thiol groups is 2. The first-order valence-corrected chi connectivity index (χ1v) is 14.0. The normalized spacial score (nSPS) is 14.6. The van der Waals surface area contributed by atoms with Crippen molar-refractivity contribution >= 4 is 54.9 Å². The minimum absolute atomic E-state index is 0.00465. The van der Waals surface area contributed by atoms with Gasteiger partial charge in [0.2, 0.25) is 0 Å². The maximum atomic E-state index is 11.8. The van der Waals surface area contributed by atoms with Crippen LogP contribution >= 0.6 is 25.3 Å². The Bertz CT molecular complexity index is 821. The van der Waals surface area contributed by atoms with Crippen LogP contribution in [0.4, 0.5) is 0 Å². The second kappa shape index (κ2) is 20.9. The highest BCUT2D eigenvalue weighted by Crippen LogP contribution is 2.13. The van der Waals surface area contributed by atoms with E-state index in [9.17, 15) is 49.5 Å². The standard InChI is InChI=1S/C24H43N3O11S2/c1-16(28)17(14-39)7-19(29)9-26(12-22(33)34)5-3-25(11-21(31)32)4-6-27(13-23(35)36)10-20(30)8-18(15-40)24(37)38-2/h17-20,29-30,39-40H,3-15H2,1-2H3,(H,31,32)(H,33,34)(H,35,36). The SMILES string of the molecule is COC(=O)C(CS)CC(O)CN(CCN(CCN(CC(=O)O)CC(O)CC(CS)C(C)=O)CC(=O)O)CC(=O)O. The molecule has 0 radical (unpaired) electrons. The third kappa shape index (κ3) is 17.7. The molecule has 4 unspecified atom stereocenters. The highest BCUT2D eigenvalue weighted by atomic mass is 32.1. The molecule has 4 atom stereocenters. The number of aliphatic hydroxyl groups is 2. The molecule has 0 aliphatic heterocycles. The van der Waals surface area contributed by atoms with Crippen LogP contribution in [0.1, 0.15) is 19.8 Å². The Morgan fingerprint density at radius 3 is 1.35 bits per heavy atom. The second-order valence-electron chi connectivity index (χ2n) is 9.60. The number of methoxy groups -OCH3 is 1. The molecule has 0 fully saturated rings. The predicted molar refractivity (Wildman–Crippen MR) is 151 cm³/mol. The van der Waals surface area contributed by atoms with Crippen molar-refractivity contribution in [2.45, 2.75) is 32.0 Å². The van der Waals surface area contributed by atoms with E-state index in [4.69, 9.17) is 0 Å². The molecular weight excluding hydrogens is 570 g/mol. The van der Waals surface area contributed by atoms with Crippen LogP contribution in [0.2, 0.25) is 0 Å². The van der Waals surface area contributed by atoms with E-state index >= 15 is 0 Å². The highest BCUT2D eigenvalue weighted by molar-refractivity contribution is 7.80. The summed E-state index contributed by atoms with van der Waals surface area (Å²) in [4.78, 5) is 62.0. The predicted octanol–water partition coefficient (Wildman–Crippen LogP) is -1.50. The lowest BCUT2D eigenvalue weighted by molar-refractivity contribution is -0.146. The van der Waals surface area contributed by atoms with E-state index in [1.165, 1.54) is 28.7 Å². The number of hydrogen-bond acceptors (Lipinski definition) is 13. The number of nitrogens with zero attached hydrogens (tertiary/aromatic N) is 3. The quantitative estimate of drug-likeness (QED) is 0.0489. The average Bonchev–Trinajstić information content (AvgIpc) is 2.85. The minimum Gasteiger partial charge on any atom is -0.480 e. The summed E-state index contributed by atoms with van der Waals surface area (Å²) < 4.78 is 4.67. The maximum Gasteiger partial charge on any atom is 0.317 e. The Hall–Kier alpha value is -1.95. The first-order chi connectivity index (χ1) is 18.7. The zero-order valence-corrected chi connectivity index (χ0v) is 24.7. The van der Waals surface area contributed by atoms with Gasteiger partial charge in [-0.25, -0.2) is 0 Å². The Kier molecular flexibility index (Phi) is 19.8. The molecule has 0 aromatic carbocycles. The van der Waals surface area contributed by atoms with E-state index in [0.717, 1.165) is 0 Å². The molecule has 16 heteroatoms. The maximum absolute atomic E-state index is 11.8. The first-order valence-electron chi connectivity index (χ1n) is 12.7. The van der Waals surface area contributed by atoms with Crippen molar-refractivity contribution in [1.29, 1.82) is 0 Å². The number of carboxylic acids is 3. The largest absolute Gasteiger partial charge is 0.480 e. The van der Waals surface area contributed by atoms with Gasteiger partial charge in [0.1, 0.15) is 5.78 Å². The summed E-state index contributed by atoms with van der Waals surface area (Å²) in [6.45, 7) is 0.242. The highest BCUT2D eigenvalue weighted by Gasteiger charge is 2.25. The van der Waals surface area contributed by atoms with Gasteiger partial charge in [-0.2, -0.15) is 25.3 Å². The molecule has 5 N–H and O–H groups in total. The summed E-state index contributed by atoms with van der Waals surface area (Å²) >= 11 is 8.19. The average molecular weight is 614 g/mol. The zero-order chi connectivity index (χ0) is 30.8. The number of carbonyl (C=O) groups is 5. The van der Waals surface area contributed by atoms with E-state index in [1.807, 2.05) is 0 Å². The van der Waals surface area contributed by atoms with Crippen molar-refractivity contribution in [3.8, 4) is 0 Å². The third-order valence-corrected chi connectivity index (χ3v) is 7.02. The summed E-state index contributed by atoms with van der Waals surface area (Å²) in [7, 11) is 1.21. The summed E-state index contributed by atoms with van der Waals surface area (Å²) in [6.07, 6.45) is -1.99. The van der Waals surface area contributed by atoms with Crippen molar-refractivity contribution in [2.24, 2.45) is 11.8 Å². The molecule has 14 nitrogen and oxygen atoms in total. The number of hydrogen-bond donors (Lipinski definition) is 7. The number of rotatable bonds is 24. The van der Waals surface area contributed by atoms with Gasteiger partial charge < -0.3 is 30.3 Å². The summed E-state index contributed by atoms with van der Waals surface area (Å²) in [6, 6.07) is 0. The van der Waals surface area contributed by atoms with Gasteiger partial charge in [-0.15, -0.1) is 0 Å². The molecule has 0 aromatic rings. The first kappa shape index (κ1) is 38.0. The topological polar surface area (TPSA) is 205 Å². The van der Waals surface area contributed by atoms with Crippen LogP contribution in [0.3, 0.4) is 0 Å². The van der Waals surface area contributed by atoms with Crippen LogP contribution in [-0.2, 0) is 28.7 Å². The fourth-order valence-corrected chi connectivity index (χ4v) is 4.77. The lowest BCUT2D eigenvalue weighted by Crippen LogP contribution is -2.46. The molecule has 40 heavy (non-hydrogen) atoms. The number of aliphatic carboxylic acids is 3. The molecule has 0 aliphatic rings. The van der Waals surface area contributed by atoms with Gasteiger partial charge in [0.15, 0.2) is 0 Å². The van der Waals surface area contributed by atoms with Crippen LogP contribution in [0, 0.1) is 11.8 Å². The Morgan fingerprint density at radius 1 is 0.675 bits per heavy atom. The van der Waals surface area contributed by atoms with Crippen molar-refractivity contribution in [2.75, 3.05) is 77.5 Å². The van der Waals surface area contributed by atoms with Crippen molar-refractivity contribution in [3.05, 3.63) is 0 Å². The van der Waals surface area contributed by atoms with Gasteiger partial charge >= 0.3 is 23.9 Å². The van der Waals surface area contributed by atoms with E-state index in [1.54, 1.807) is 0 Å². The fraction of sp³-hybridized carbons (Fsp3) is 0.792. The van der Waals surface area contributed by atoms with Crippen LogP contribution in [0.15, 0.2) is 0 Å². The fourth-order valence-electron chi connectivity index (χ4n) is 4.06. The van der Waals surface area contributed by atoms with Gasteiger partial charge in [-0.1, -0.05) is 0 Å². The van der Waals surface area contributed by atoms with E-state index < -0.39 is 67.6 Å². The van der Waals surface area contributed by atoms with Crippen LogP contribution in [0.5, 0.6) is 0 Å². The van der Waals surface area contributed by atoms with Gasteiger partial charge in [0.05, 0.1) is 44.9 Å². The van der Waals surface area contributed by atoms with Crippen LogP contribution < -0.4 is 0 Å². The summed E-state index contributed by atoms with van der Waals surface area (Å²) in [5.74, 6) is -4.98. The number of ketones is 1. The third-order valence-electron chi connectivity index (χ3n) is 6.14. The van der Waals surface area contributed by atoms with Gasteiger partial charge in [-0.05, 0) is 19.8 Å². The van der Waals surface area contributed by atoms with Crippen molar-refractivity contribution in [3.63, 3.8) is 0 Å². The molecule has 0 amide bonds. The molecule has 0 rings (SSSR count). The molecule has 232 valence electrons. The Labute approximate surface area is 245 Å².